The molecule has 0 spiro atoms. The van der Waals surface area contributed by atoms with E-state index in [9.17, 15) is 17.6 Å². The molecule has 2 aromatic carbocycles. The van der Waals surface area contributed by atoms with E-state index in [1.807, 2.05) is 12.1 Å². The molecule has 3 rings (SSSR count). The topological polar surface area (TPSA) is 92.7 Å². The van der Waals surface area contributed by atoms with Crippen molar-refractivity contribution < 1.29 is 27.4 Å². The van der Waals surface area contributed by atoms with E-state index in [-0.39, 0.29) is 17.4 Å². The van der Waals surface area contributed by atoms with Gasteiger partial charge in [-0.1, -0.05) is 6.07 Å². The molecule has 8 heteroatoms. The van der Waals surface area contributed by atoms with Crippen LogP contribution in [0, 0.1) is 5.82 Å². The predicted octanol–water partition coefficient (Wildman–Crippen LogP) is 2.69. The maximum absolute atomic E-state index is 13.0. The van der Waals surface area contributed by atoms with Crippen LogP contribution in [-0.4, -0.2) is 32.6 Å². The molecule has 0 radical (unpaired) electrons. The molecule has 144 valence electrons. The van der Waals surface area contributed by atoms with Crippen LogP contribution in [0.3, 0.4) is 0 Å². The lowest BCUT2D eigenvalue weighted by Crippen LogP contribution is -2.30. The summed E-state index contributed by atoms with van der Waals surface area (Å²) in [6, 6.07) is 10.1. The van der Waals surface area contributed by atoms with E-state index in [4.69, 9.17) is 9.84 Å². The molecular weight excluding hydrogens is 373 g/mol. The minimum Gasteiger partial charge on any atom is -0.482 e. The normalized spacial score (nSPS) is 16.6. The van der Waals surface area contributed by atoms with Gasteiger partial charge in [0.15, 0.2) is 6.61 Å². The zero-order valence-corrected chi connectivity index (χ0v) is 15.3. The van der Waals surface area contributed by atoms with E-state index >= 15 is 0 Å². The molecule has 2 N–H and O–H groups in total. The number of fused-ring (bicyclic) bond motifs is 1. The van der Waals surface area contributed by atoms with Crippen molar-refractivity contribution in [2.45, 2.75) is 30.1 Å². The highest BCUT2D eigenvalue weighted by molar-refractivity contribution is 7.89. The van der Waals surface area contributed by atoms with Crippen LogP contribution < -0.4 is 9.46 Å². The summed E-state index contributed by atoms with van der Waals surface area (Å²) in [5.41, 5.74) is 2.07. The number of rotatable bonds is 7. The number of hydrogen-bond acceptors (Lipinski definition) is 4. The van der Waals surface area contributed by atoms with Crippen LogP contribution >= 0.6 is 0 Å². The standard InChI is InChI=1S/C19H20FNO5S/c20-15-4-7-17(8-5-15)27(24,25)21-11-14-3-1-2-13-10-16(6-9-18(13)14)26-12-19(22)23/h4-10,14,21H,1-3,11-12H2,(H,22,23). The third-order valence-electron chi connectivity index (χ3n) is 4.56. The lowest BCUT2D eigenvalue weighted by Gasteiger charge is -2.26. The Balaban J connectivity index is 1.70. The van der Waals surface area contributed by atoms with Gasteiger partial charge in [0.1, 0.15) is 11.6 Å². The lowest BCUT2D eigenvalue weighted by atomic mass is 9.83. The number of carboxylic acids is 1. The summed E-state index contributed by atoms with van der Waals surface area (Å²) >= 11 is 0. The fourth-order valence-corrected chi connectivity index (χ4v) is 4.33. The second kappa shape index (κ2) is 8.06. The van der Waals surface area contributed by atoms with Crippen LogP contribution in [0.1, 0.15) is 29.9 Å². The van der Waals surface area contributed by atoms with Gasteiger partial charge in [-0.25, -0.2) is 22.3 Å². The average molecular weight is 393 g/mol. The zero-order valence-electron chi connectivity index (χ0n) is 14.5. The summed E-state index contributed by atoms with van der Waals surface area (Å²) in [5.74, 6) is -1.03. The van der Waals surface area contributed by atoms with Crippen molar-refractivity contribution in [3.8, 4) is 5.75 Å². The van der Waals surface area contributed by atoms with Crippen LogP contribution in [0.4, 0.5) is 4.39 Å². The van der Waals surface area contributed by atoms with Crippen molar-refractivity contribution in [2.24, 2.45) is 0 Å². The molecule has 0 heterocycles. The van der Waals surface area contributed by atoms with Gasteiger partial charge in [0.05, 0.1) is 4.90 Å². The molecule has 1 unspecified atom stereocenters. The second-order valence-electron chi connectivity index (χ2n) is 6.44. The summed E-state index contributed by atoms with van der Waals surface area (Å²) in [5, 5.41) is 8.70. The Morgan fingerprint density at radius 1 is 1.22 bits per heavy atom. The van der Waals surface area contributed by atoms with Crippen LogP contribution in [0.5, 0.6) is 5.75 Å². The van der Waals surface area contributed by atoms with Crippen molar-refractivity contribution in [2.75, 3.05) is 13.2 Å². The van der Waals surface area contributed by atoms with E-state index in [1.165, 1.54) is 12.1 Å². The molecule has 0 aliphatic heterocycles. The third kappa shape index (κ3) is 4.84. The molecule has 0 saturated carbocycles. The number of sulfonamides is 1. The van der Waals surface area contributed by atoms with Gasteiger partial charge in [-0.3, -0.25) is 0 Å². The molecular formula is C19H20FNO5S. The van der Waals surface area contributed by atoms with E-state index in [0.717, 1.165) is 42.5 Å². The van der Waals surface area contributed by atoms with Crippen molar-refractivity contribution in [1.82, 2.24) is 4.72 Å². The molecule has 27 heavy (non-hydrogen) atoms. The zero-order chi connectivity index (χ0) is 19.4. The summed E-state index contributed by atoms with van der Waals surface area (Å²) in [6.45, 7) is -0.165. The fraction of sp³-hybridized carbons (Fsp3) is 0.316. The maximum atomic E-state index is 13.0. The van der Waals surface area contributed by atoms with E-state index in [0.29, 0.717) is 5.75 Å². The van der Waals surface area contributed by atoms with Gasteiger partial charge >= 0.3 is 5.97 Å². The van der Waals surface area contributed by atoms with Gasteiger partial charge in [0.25, 0.3) is 0 Å². The molecule has 1 atom stereocenters. The van der Waals surface area contributed by atoms with Crippen molar-refractivity contribution in [3.05, 3.63) is 59.4 Å². The van der Waals surface area contributed by atoms with Gasteiger partial charge in [-0.15, -0.1) is 0 Å². The summed E-state index contributed by atoms with van der Waals surface area (Å²) < 4.78 is 45.6. The largest absolute Gasteiger partial charge is 0.482 e. The molecule has 2 aromatic rings. The average Bonchev–Trinajstić information content (AvgIpc) is 2.64. The van der Waals surface area contributed by atoms with Crippen molar-refractivity contribution >= 4 is 16.0 Å². The number of carbonyl (C=O) groups is 1. The number of carboxylic acid groups (broad SMARTS) is 1. The first kappa shape index (κ1) is 19.3. The van der Waals surface area contributed by atoms with Gasteiger partial charge in [-0.05, 0) is 72.7 Å². The van der Waals surface area contributed by atoms with E-state index in [2.05, 4.69) is 4.72 Å². The van der Waals surface area contributed by atoms with Crippen LogP contribution in [0.25, 0.3) is 0 Å². The molecule has 0 fully saturated rings. The van der Waals surface area contributed by atoms with Gasteiger partial charge in [0.2, 0.25) is 10.0 Å². The van der Waals surface area contributed by atoms with E-state index in [1.54, 1.807) is 6.07 Å². The Kier molecular flexibility index (Phi) is 5.76. The number of benzene rings is 2. The minimum absolute atomic E-state index is 0.0116. The highest BCUT2D eigenvalue weighted by atomic mass is 32.2. The first-order valence-electron chi connectivity index (χ1n) is 8.58. The van der Waals surface area contributed by atoms with Crippen molar-refractivity contribution in [1.29, 1.82) is 0 Å². The Morgan fingerprint density at radius 3 is 2.67 bits per heavy atom. The van der Waals surface area contributed by atoms with Gasteiger partial charge in [-0.2, -0.15) is 0 Å². The fourth-order valence-electron chi connectivity index (χ4n) is 3.25. The molecule has 1 aliphatic rings. The van der Waals surface area contributed by atoms with Crippen molar-refractivity contribution in [3.63, 3.8) is 0 Å². The second-order valence-corrected chi connectivity index (χ2v) is 8.20. The number of ether oxygens (including phenoxy) is 1. The number of nitrogens with one attached hydrogen (secondary N) is 1. The highest BCUT2D eigenvalue weighted by Gasteiger charge is 2.23. The maximum Gasteiger partial charge on any atom is 0.341 e. The molecule has 0 saturated heterocycles. The molecule has 0 aromatic heterocycles. The van der Waals surface area contributed by atoms with Gasteiger partial charge in [0, 0.05) is 6.54 Å². The minimum atomic E-state index is -3.71. The predicted molar refractivity (Wildman–Crippen MR) is 96.8 cm³/mol. The molecule has 0 bridgehead atoms. The number of aliphatic carboxylic acids is 1. The Bertz CT molecular complexity index is 928. The molecule has 6 nitrogen and oxygen atoms in total. The Labute approximate surface area is 157 Å². The van der Waals surface area contributed by atoms with Crippen LogP contribution in [0.15, 0.2) is 47.4 Å². The van der Waals surface area contributed by atoms with Crippen LogP contribution in [-0.2, 0) is 21.2 Å². The first-order chi connectivity index (χ1) is 12.8. The lowest BCUT2D eigenvalue weighted by molar-refractivity contribution is -0.139. The van der Waals surface area contributed by atoms with Crippen LogP contribution in [0.2, 0.25) is 0 Å². The SMILES string of the molecule is O=C(O)COc1ccc2c(c1)CCCC2CNS(=O)(=O)c1ccc(F)cc1. The summed E-state index contributed by atoms with van der Waals surface area (Å²) in [4.78, 5) is 10.6. The smallest absolute Gasteiger partial charge is 0.341 e. The Hall–Kier alpha value is -2.45. The summed E-state index contributed by atoms with van der Waals surface area (Å²) in [7, 11) is -3.71. The number of hydrogen-bond donors (Lipinski definition) is 2. The Morgan fingerprint density at radius 2 is 1.96 bits per heavy atom. The first-order valence-corrected chi connectivity index (χ1v) is 10.1. The number of aryl methyl sites for hydroxylation is 1. The molecule has 1 aliphatic carbocycles. The quantitative estimate of drug-likeness (QED) is 0.755. The van der Waals surface area contributed by atoms with E-state index < -0.39 is 28.4 Å². The van der Waals surface area contributed by atoms with Gasteiger partial charge < -0.3 is 9.84 Å². The molecule has 0 amide bonds. The third-order valence-corrected chi connectivity index (χ3v) is 6.00. The highest BCUT2D eigenvalue weighted by Crippen LogP contribution is 2.33. The monoisotopic (exact) mass is 393 g/mol. The number of halogens is 1. The summed E-state index contributed by atoms with van der Waals surface area (Å²) in [6.07, 6.45) is 2.58.